The lowest BCUT2D eigenvalue weighted by Gasteiger charge is -2.27. The molecule has 174 valence electrons. The van der Waals surface area contributed by atoms with Gasteiger partial charge in [-0.3, -0.25) is 4.79 Å². The van der Waals surface area contributed by atoms with Crippen molar-refractivity contribution < 1.29 is 4.39 Å². The van der Waals surface area contributed by atoms with Gasteiger partial charge in [-0.15, -0.1) is 0 Å². The minimum atomic E-state index is -0.209. The Kier molecular flexibility index (Phi) is 6.88. The van der Waals surface area contributed by atoms with Crippen LogP contribution < -0.4 is 10.9 Å². The number of fused-ring (bicyclic) bond motifs is 2. The average Bonchev–Trinajstić information content (AvgIpc) is 3.29. The van der Waals surface area contributed by atoms with E-state index in [1.807, 2.05) is 16.7 Å². The van der Waals surface area contributed by atoms with Crippen LogP contribution in [0, 0.1) is 5.82 Å². The fourth-order valence-corrected chi connectivity index (χ4v) is 5.39. The number of nitrogens with one attached hydrogen (secondary N) is 1. The van der Waals surface area contributed by atoms with E-state index in [0.717, 1.165) is 68.6 Å². The number of pyridine rings is 1. The Labute approximate surface area is 195 Å². The first-order valence-electron chi connectivity index (χ1n) is 12.5. The highest BCUT2D eigenvalue weighted by Crippen LogP contribution is 2.27. The first kappa shape index (κ1) is 22.3. The molecule has 3 aromatic rings. The molecule has 5 rings (SSSR count). The van der Waals surface area contributed by atoms with Gasteiger partial charge in [0, 0.05) is 25.2 Å². The first-order chi connectivity index (χ1) is 16.2. The zero-order chi connectivity index (χ0) is 22.6. The number of hydrogen-bond donors (Lipinski definition) is 1. The average molecular weight is 448 g/mol. The van der Waals surface area contributed by atoms with Crippen molar-refractivity contribution in [3.05, 3.63) is 80.9 Å². The van der Waals surface area contributed by atoms with Crippen molar-refractivity contribution in [2.24, 2.45) is 0 Å². The minimum Gasteiger partial charge on any atom is -0.312 e. The topological polar surface area (TPSA) is 37.3 Å². The molecular weight excluding hydrogens is 413 g/mol. The van der Waals surface area contributed by atoms with E-state index in [2.05, 4.69) is 28.4 Å². The molecule has 1 aromatic heterocycles. The van der Waals surface area contributed by atoms with Gasteiger partial charge in [-0.2, -0.15) is 0 Å². The van der Waals surface area contributed by atoms with Crippen LogP contribution in [0.15, 0.2) is 47.3 Å². The second kappa shape index (κ2) is 10.2. The number of rotatable bonds is 8. The van der Waals surface area contributed by atoms with E-state index in [9.17, 15) is 9.18 Å². The Hall–Kier alpha value is -2.50. The van der Waals surface area contributed by atoms with Crippen LogP contribution in [-0.4, -0.2) is 35.6 Å². The van der Waals surface area contributed by atoms with Crippen LogP contribution >= 0.6 is 0 Å². The summed E-state index contributed by atoms with van der Waals surface area (Å²) in [5, 5.41) is 4.62. The normalized spacial score (nSPS) is 16.4. The predicted molar refractivity (Wildman–Crippen MR) is 132 cm³/mol. The summed E-state index contributed by atoms with van der Waals surface area (Å²) in [4.78, 5) is 16.0. The van der Waals surface area contributed by atoms with Crippen molar-refractivity contribution in [1.29, 1.82) is 0 Å². The standard InChI is InChI=1S/C28H34FN3O/c29-26-9-7-21(8-10-26)11-12-30-20-25-18-24-17-22-5-4-6-23(22)19-27(24)32(28(25)33)16-15-31-13-2-1-3-14-31/h7-10,17-19,30H,1-6,11-16,20H2. The summed E-state index contributed by atoms with van der Waals surface area (Å²) in [5.74, 6) is -0.209. The van der Waals surface area contributed by atoms with E-state index in [1.54, 1.807) is 0 Å². The molecule has 33 heavy (non-hydrogen) atoms. The van der Waals surface area contributed by atoms with Crippen molar-refractivity contribution in [3.63, 3.8) is 0 Å². The lowest BCUT2D eigenvalue weighted by atomic mass is 10.0. The van der Waals surface area contributed by atoms with Crippen molar-refractivity contribution >= 4 is 10.9 Å². The third kappa shape index (κ3) is 5.20. The minimum absolute atomic E-state index is 0.131. The Bertz CT molecular complexity index is 1160. The molecule has 0 saturated carbocycles. The lowest BCUT2D eigenvalue weighted by Crippen LogP contribution is -2.36. The summed E-state index contributed by atoms with van der Waals surface area (Å²) in [6.07, 6.45) is 8.14. The van der Waals surface area contributed by atoms with Gasteiger partial charge in [0.05, 0.1) is 5.52 Å². The summed E-state index contributed by atoms with van der Waals surface area (Å²) >= 11 is 0. The molecule has 1 aliphatic heterocycles. The van der Waals surface area contributed by atoms with E-state index >= 15 is 0 Å². The Morgan fingerprint density at radius 1 is 0.879 bits per heavy atom. The Balaban J connectivity index is 1.35. The van der Waals surface area contributed by atoms with Gasteiger partial charge in [0.1, 0.15) is 5.82 Å². The number of aromatic nitrogens is 1. The van der Waals surface area contributed by atoms with Crippen molar-refractivity contribution in [1.82, 2.24) is 14.8 Å². The summed E-state index contributed by atoms with van der Waals surface area (Å²) in [6, 6.07) is 13.3. The van der Waals surface area contributed by atoms with E-state index < -0.39 is 0 Å². The number of benzene rings is 2. The highest BCUT2D eigenvalue weighted by Gasteiger charge is 2.17. The number of piperidine rings is 1. The molecule has 1 saturated heterocycles. The highest BCUT2D eigenvalue weighted by atomic mass is 19.1. The fraction of sp³-hybridized carbons (Fsp3) is 0.464. The molecule has 2 aromatic carbocycles. The van der Waals surface area contributed by atoms with Crippen molar-refractivity contribution in [2.45, 2.75) is 58.0 Å². The second-order valence-corrected chi connectivity index (χ2v) is 9.62. The number of nitrogens with zero attached hydrogens (tertiary/aromatic N) is 2. The van der Waals surface area contributed by atoms with Gasteiger partial charge in [-0.05, 0) is 111 Å². The van der Waals surface area contributed by atoms with Gasteiger partial charge in [0.2, 0.25) is 0 Å². The maximum absolute atomic E-state index is 13.5. The molecule has 1 aliphatic carbocycles. The van der Waals surface area contributed by atoms with E-state index in [0.29, 0.717) is 6.54 Å². The van der Waals surface area contributed by atoms with Crippen LogP contribution in [-0.2, 0) is 32.4 Å². The third-order valence-electron chi connectivity index (χ3n) is 7.29. The lowest BCUT2D eigenvalue weighted by molar-refractivity contribution is 0.221. The van der Waals surface area contributed by atoms with Gasteiger partial charge in [0.15, 0.2) is 0 Å². The highest BCUT2D eigenvalue weighted by molar-refractivity contribution is 5.82. The van der Waals surface area contributed by atoms with E-state index in [4.69, 9.17) is 0 Å². The smallest absolute Gasteiger partial charge is 0.255 e. The van der Waals surface area contributed by atoms with E-state index in [1.165, 1.54) is 54.3 Å². The van der Waals surface area contributed by atoms with Crippen LogP contribution in [0.4, 0.5) is 4.39 Å². The van der Waals surface area contributed by atoms with Crippen LogP contribution in [0.1, 0.15) is 47.9 Å². The molecule has 5 heteroatoms. The number of likely N-dealkylation sites (tertiary alicyclic amines) is 1. The van der Waals surface area contributed by atoms with Crippen molar-refractivity contribution in [2.75, 3.05) is 26.2 Å². The summed E-state index contributed by atoms with van der Waals surface area (Å²) in [6.45, 7) is 5.28. The molecular formula is C28H34FN3O. The molecule has 0 atom stereocenters. The van der Waals surface area contributed by atoms with Gasteiger partial charge in [0.25, 0.3) is 5.56 Å². The molecule has 1 N–H and O–H groups in total. The summed E-state index contributed by atoms with van der Waals surface area (Å²) < 4.78 is 15.1. The second-order valence-electron chi connectivity index (χ2n) is 9.62. The zero-order valence-corrected chi connectivity index (χ0v) is 19.4. The first-order valence-corrected chi connectivity index (χ1v) is 12.5. The SMILES string of the molecule is O=c1c(CNCCc2ccc(F)cc2)cc2cc3c(cc2n1CCN1CCCCC1)CCC3. The van der Waals surface area contributed by atoms with Crippen LogP contribution in [0.25, 0.3) is 10.9 Å². The van der Waals surface area contributed by atoms with Crippen LogP contribution in [0.5, 0.6) is 0 Å². The Morgan fingerprint density at radius 2 is 1.64 bits per heavy atom. The largest absolute Gasteiger partial charge is 0.312 e. The molecule has 1 fully saturated rings. The van der Waals surface area contributed by atoms with Gasteiger partial charge in [-0.25, -0.2) is 4.39 Å². The number of hydrogen-bond acceptors (Lipinski definition) is 3. The monoisotopic (exact) mass is 447 g/mol. The summed E-state index contributed by atoms with van der Waals surface area (Å²) in [7, 11) is 0. The molecule has 0 spiro atoms. The molecule has 0 unspecified atom stereocenters. The summed E-state index contributed by atoms with van der Waals surface area (Å²) in [5.41, 5.74) is 6.01. The molecule has 2 aliphatic rings. The van der Waals surface area contributed by atoms with Crippen LogP contribution in [0.2, 0.25) is 0 Å². The number of aryl methyl sites for hydroxylation is 2. The number of halogens is 1. The van der Waals surface area contributed by atoms with E-state index in [-0.39, 0.29) is 11.4 Å². The fourth-order valence-electron chi connectivity index (χ4n) is 5.39. The van der Waals surface area contributed by atoms with Gasteiger partial charge >= 0.3 is 0 Å². The van der Waals surface area contributed by atoms with Crippen LogP contribution in [0.3, 0.4) is 0 Å². The van der Waals surface area contributed by atoms with Gasteiger partial charge in [-0.1, -0.05) is 18.6 Å². The Morgan fingerprint density at radius 3 is 2.42 bits per heavy atom. The quantitative estimate of drug-likeness (QED) is 0.519. The molecule has 0 bridgehead atoms. The van der Waals surface area contributed by atoms with Crippen molar-refractivity contribution in [3.8, 4) is 0 Å². The maximum atomic E-state index is 13.5. The molecule has 0 amide bonds. The third-order valence-corrected chi connectivity index (χ3v) is 7.29. The van der Waals surface area contributed by atoms with Gasteiger partial charge < -0.3 is 14.8 Å². The zero-order valence-electron chi connectivity index (χ0n) is 19.4. The molecule has 2 heterocycles. The predicted octanol–water partition coefficient (Wildman–Crippen LogP) is 4.45. The molecule has 0 radical (unpaired) electrons. The molecule has 4 nitrogen and oxygen atoms in total. The maximum Gasteiger partial charge on any atom is 0.255 e.